The Morgan fingerprint density at radius 2 is 1.78 bits per heavy atom. The number of anilines is 1. The zero-order valence-corrected chi connectivity index (χ0v) is 11.6. The standard InChI is InChI=1S/C12H18N2O3S/c1-4-18(16,17)13-8-11(15)14-12-9(2)6-5-7-10(12)3/h5-7,13H,4,8H2,1-3H3,(H,14,15). The lowest BCUT2D eigenvalue weighted by molar-refractivity contribution is -0.115. The third kappa shape index (κ3) is 4.12. The fourth-order valence-corrected chi connectivity index (χ4v) is 2.03. The molecule has 1 aromatic carbocycles. The fourth-order valence-electron chi connectivity index (χ4n) is 1.47. The minimum Gasteiger partial charge on any atom is -0.324 e. The highest BCUT2D eigenvalue weighted by Gasteiger charge is 2.11. The molecule has 0 fully saturated rings. The maximum atomic E-state index is 11.6. The van der Waals surface area contributed by atoms with Crippen molar-refractivity contribution in [1.29, 1.82) is 0 Å². The van der Waals surface area contributed by atoms with Gasteiger partial charge in [0.15, 0.2) is 0 Å². The van der Waals surface area contributed by atoms with Crippen molar-refractivity contribution in [1.82, 2.24) is 4.72 Å². The zero-order chi connectivity index (χ0) is 13.8. The molecule has 0 bridgehead atoms. The van der Waals surface area contributed by atoms with Gasteiger partial charge in [0, 0.05) is 5.69 Å². The van der Waals surface area contributed by atoms with E-state index >= 15 is 0 Å². The Bertz CT molecular complexity index is 518. The molecule has 2 N–H and O–H groups in total. The summed E-state index contributed by atoms with van der Waals surface area (Å²) < 4.78 is 24.6. The van der Waals surface area contributed by atoms with Crippen LogP contribution in [0.4, 0.5) is 5.69 Å². The largest absolute Gasteiger partial charge is 0.324 e. The molecule has 1 rings (SSSR count). The molecule has 1 aromatic rings. The van der Waals surface area contributed by atoms with Crippen LogP contribution < -0.4 is 10.0 Å². The Labute approximate surface area is 108 Å². The van der Waals surface area contributed by atoms with Gasteiger partial charge in [-0.25, -0.2) is 13.1 Å². The van der Waals surface area contributed by atoms with Crippen molar-refractivity contribution in [2.45, 2.75) is 20.8 Å². The minimum absolute atomic E-state index is 0.0380. The first kappa shape index (κ1) is 14.7. The summed E-state index contributed by atoms with van der Waals surface area (Å²) in [5.41, 5.74) is 2.63. The Morgan fingerprint density at radius 3 is 2.28 bits per heavy atom. The highest BCUT2D eigenvalue weighted by Crippen LogP contribution is 2.18. The molecule has 0 aromatic heterocycles. The number of benzene rings is 1. The van der Waals surface area contributed by atoms with E-state index in [0.29, 0.717) is 0 Å². The number of sulfonamides is 1. The van der Waals surface area contributed by atoms with E-state index in [0.717, 1.165) is 16.8 Å². The van der Waals surface area contributed by atoms with Crippen molar-refractivity contribution >= 4 is 21.6 Å². The van der Waals surface area contributed by atoms with Crippen molar-refractivity contribution in [3.8, 4) is 0 Å². The van der Waals surface area contributed by atoms with E-state index < -0.39 is 10.0 Å². The molecular weight excluding hydrogens is 252 g/mol. The average Bonchev–Trinajstić information content (AvgIpc) is 2.32. The Hall–Kier alpha value is -1.40. The summed E-state index contributed by atoms with van der Waals surface area (Å²) in [6, 6.07) is 5.68. The number of carbonyl (C=O) groups is 1. The molecular formula is C12H18N2O3S. The first-order chi connectivity index (χ1) is 8.35. The van der Waals surface area contributed by atoms with Crippen LogP contribution in [0.5, 0.6) is 0 Å². The van der Waals surface area contributed by atoms with Crippen LogP contribution in [0.1, 0.15) is 18.1 Å². The molecule has 0 aliphatic heterocycles. The molecule has 18 heavy (non-hydrogen) atoms. The van der Waals surface area contributed by atoms with Gasteiger partial charge in [-0.15, -0.1) is 0 Å². The van der Waals surface area contributed by atoms with Gasteiger partial charge in [-0.3, -0.25) is 4.79 Å². The Balaban J connectivity index is 2.66. The van der Waals surface area contributed by atoms with Crippen molar-refractivity contribution in [3.63, 3.8) is 0 Å². The Kier molecular flexibility index (Phi) is 4.86. The SMILES string of the molecule is CCS(=O)(=O)NCC(=O)Nc1c(C)cccc1C. The molecule has 0 aliphatic rings. The second-order valence-corrected chi connectivity index (χ2v) is 6.14. The number of para-hydroxylation sites is 1. The van der Waals surface area contributed by atoms with Gasteiger partial charge in [-0.05, 0) is 31.9 Å². The van der Waals surface area contributed by atoms with Crippen LogP contribution in [0.2, 0.25) is 0 Å². The maximum Gasteiger partial charge on any atom is 0.239 e. The van der Waals surface area contributed by atoms with Crippen LogP contribution >= 0.6 is 0 Å². The van der Waals surface area contributed by atoms with Crippen molar-refractivity contribution < 1.29 is 13.2 Å². The van der Waals surface area contributed by atoms with Crippen molar-refractivity contribution in [2.24, 2.45) is 0 Å². The molecule has 0 atom stereocenters. The number of amides is 1. The van der Waals surface area contributed by atoms with Gasteiger partial charge in [-0.1, -0.05) is 18.2 Å². The van der Waals surface area contributed by atoms with E-state index in [4.69, 9.17) is 0 Å². The molecule has 5 nitrogen and oxygen atoms in total. The van der Waals surface area contributed by atoms with E-state index in [-0.39, 0.29) is 18.2 Å². The van der Waals surface area contributed by atoms with Gasteiger partial charge < -0.3 is 5.32 Å². The van der Waals surface area contributed by atoms with Gasteiger partial charge in [-0.2, -0.15) is 0 Å². The van der Waals surface area contributed by atoms with Gasteiger partial charge in [0.25, 0.3) is 0 Å². The topological polar surface area (TPSA) is 75.3 Å². The predicted octanol–water partition coefficient (Wildman–Crippen LogP) is 1.18. The van der Waals surface area contributed by atoms with Crippen LogP contribution in [0.25, 0.3) is 0 Å². The molecule has 6 heteroatoms. The van der Waals surface area contributed by atoms with E-state index in [1.54, 1.807) is 0 Å². The van der Waals surface area contributed by atoms with Gasteiger partial charge >= 0.3 is 0 Å². The second-order valence-electron chi connectivity index (χ2n) is 4.04. The predicted molar refractivity (Wildman–Crippen MR) is 72.0 cm³/mol. The monoisotopic (exact) mass is 270 g/mol. The van der Waals surface area contributed by atoms with Crippen LogP contribution in [-0.2, 0) is 14.8 Å². The van der Waals surface area contributed by atoms with E-state index in [1.807, 2.05) is 32.0 Å². The second kappa shape index (κ2) is 5.97. The highest BCUT2D eigenvalue weighted by atomic mass is 32.2. The highest BCUT2D eigenvalue weighted by molar-refractivity contribution is 7.89. The molecule has 100 valence electrons. The quantitative estimate of drug-likeness (QED) is 0.843. The Morgan fingerprint density at radius 1 is 1.22 bits per heavy atom. The molecule has 1 amide bonds. The summed E-state index contributed by atoms with van der Waals surface area (Å²) in [4.78, 5) is 11.6. The van der Waals surface area contributed by atoms with Crippen molar-refractivity contribution in [3.05, 3.63) is 29.3 Å². The number of hydrogen-bond acceptors (Lipinski definition) is 3. The molecule has 0 spiro atoms. The van der Waals surface area contributed by atoms with Crippen LogP contribution in [0, 0.1) is 13.8 Å². The zero-order valence-electron chi connectivity index (χ0n) is 10.8. The van der Waals surface area contributed by atoms with Gasteiger partial charge in [0.2, 0.25) is 15.9 Å². The van der Waals surface area contributed by atoms with Crippen LogP contribution in [0.3, 0.4) is 0 Å². The minimum atomic E-state index is -3.34. The lowest BCUT2D eigenvalue weighted by Gasteiger charge is -2.11. The lowest BCUT2D eigenvalue weighted by atomic mass is 10.1. The third-order valence-electron chi connectivity index (χ3n) is 2.58. The molecule has 0 heterocycles. The van der Waals surface area contributed by atoms with Crippen LogP contribution in [0.15, 0.2) is 18.2 Å². The van der Waals surface area contributed by atoms with E-state index in [1.165, 1.54) is 6.92 Å². The molecule has 0 unspecified atom stereocenters. The molecule has 0 saturated heterocycles. The smallest absolute Gasteiger partial charge is 0.239 e. The van der Waals surface area contributed by atoms with Gasteiger partial charge in [0.05, 0.1) is 12.3 Å². The average molecular weight is 270 g/mol. The normalized spacial score (nSPS) is 11.3. The summed E-state index contributed by atoms with van der Waals surface area (Å²) in [6.07, 6.45) is 0. The lowest BCUT2D eigenvalue weighted by Crippen LogP contribution is -2.34. The molecule has 0 aliphatic carbocycles. The number of aryl methyl sites for hydroxylation is 2. The third-order valence-corrected chi connectivity index (χ3v) is 3.92. The van der Waals surface area contributed by atoms with Crippen molar-refractivity contribution in [2.75, 3.05) is 17.6 Å². The first-order valence-corrected chi connectivity index (χ1v) is 7.34. The van der Waals surface area contributed by atoms with Gasteiger partial charge in [0.1, 0.15) is 0 Å². The van der Waals surface area contributed by atoms with Crippen LogP contribution in [-0.4, -0.2) is 26.6 Å². The number of rotatable bonds is 5. The fraction of sp³-hybridized carbons (Fsp3) is 0.417. The summed E-state index contributed by atoms with van der Waals surface area (Å²) in [7, 11) is -3.34. The number of carbonyl (C=O) groups excluding carboxylic acids is 1. The summed E-state index contributed by atoms with van der Waals surface area (Å²) in [6.45, 7) is 5.05. The summed E-state index contributed by atoms with van der Waals surface area (Å²) in [5, 5.41) is 2.71. The number of nitrogens with one attached hydrogen (secondary N) is 2. The number of hydrogen-bond donors (Lipinski definition) is 2. The molecule has 0 radical (unpaired) electrons. The van der Waals surface area contributed by atoms with E-state index in [9.17, 15) is 13.2 Å². The summed E-state index contributed by atoms with van der Waals surface area (Å²) >= 11 is 0. The van der Waals surface area contributed by atoms with E-state index in [2.05, 4.69) is 10.0 Å². The maximum absolute atomic E-state index is 11.6. The summed E-state index contributed by atoms with van der Waals surface area (Å²) in [5.74, 6) is -0.409. The molecule has 0 saturated carbocycles. The first-order valence-electron chi connectivity index (χ1n) is 5.69.